The first-order valence-electron chi connectivity index (χ1n) is 11.5. The van der Waals surface area contributed by atoms with Gasteiger partial charge in [0.2, 0.25) is 10.0 Å². The number of nitrogens with one attached hydrogen (secondary N) is 1. The zero-order valence-electron chi connectivity index (χ0n) is 18.9. The number of amides is 1. The van der Waals surface area contributed by atoms with Crippen LogP contribution in [-0.2, 0) is 22.9 Å². The van der Waals surface area contributed by atoms with Crippen molar-refractivity contribution in [2.45, 2.75) is 49.8 Å². The minimum atomic E-state index is -3.59. The SMILES string of the molecule is Cc1ccc(S(=O)(=O)N2CCC(c3nc(C(=O)Nc4ccc5c(c4)CCC5)cs3)CC2)cc1Cl. The summed E-state index contributed by atoms with van der Waals surface area (Å²) in [5.74, 6) is -0.0729. The second-order valence-corrected chi connectivity index (χ2v) is 12.2. The lowest BCUT2D eigenvalue weighted by molar-refractivity contribution is 0.102. The normalized spacial score (nSPS) is 17.0. The zero-order valence-corrected chi connectivity index (χ0v) is 21.3. The highest BCUT2D eigenvalue weighted by Crippen LogP contribution is 2.33. The third-order valence-corrected chi connectivity index (χ3v) is 10.0. The van der Waals surface area contributed by atoms with E-state index in [2.05, 4.69) is 22.4 Å². The summed E-state index contributed by atoms with van der Waals surface area (Å²) in [5, 5.41) is 6.08. The number of nitrogens with zero attached hydrogens (tertiary/aromatic N) is 2. The van der Waals surface area contributed by atoms with E-state index >= 15 is 0 Å². The maximum atomic E-state index is 13.0. The minimum Gasteiger partial charge on any atom is -0.321 e. The maximum Gasteiger partial charge on any atom is 0.275 e. The van der Waals surface area contributed by atoms with Crippen molar-refractivity contribution in [3.8, 4) is 0 Å². The van der Waals surface area contributed by atoms with Crippen LogP contribution in [0.1, 0.15) is 57.4 Å². The summed E-state index contributed by atoms with van der Waals surface area (Å²) in [6.07, 6.45) is 4.67. The number of carbonyl (C=O) groups is 1. The van der Waals surface area contributed by atoms with Gasteiger partial charge in [-0.2, -0.15) is 4.31 Å². The fraction of sp³-hybridized carbons (Fsp3) is 0.360. The molecule has 1 aliphatic carbocycles. The van der Waals surface area contributed by atoms with Gasteiger partial charge in [-0.25, -0.2) is 13.4 Å². The van der Waals surface area contributed by atoms with Gasteiger partial charge in [-0.3, -0.25) is 4.79 Å². The molecule has 1 saturated heterocycles. The standard InChI is InChI=1S/C25H26ClN3O3S2/c1-16-5-8-21(14-22(16)26)34(31,32)29-11-9-18(10-12-29)25-28-23(15-33-25)24(30)27-20-7-6-17-3-2-4-19(17)13-20/h5-8,13-15,18H,2-4,9-12H2,1H3,(H,27,30). The Bertz CT molecular complexity index is 1350. The van der Waals surface area contributed by atoms with Crippen molar-refractivity contribution in [2.75, 3.05) is 18.4 Å². The first-order valence-corrected chi connectivity index (χ1v) is 14.2. The Labute approximate surface area is 209 Å². The number of halogens is 1. The Balaban J connectivity index is 1.22. The van der Waals surface area contributed by atoms with Crippen LogP contribution in [0.3, 0.4) is 0 Å². The van der Waals surface area contributed by atoms with E-state index in [0.29, 0.717) is 36.6 Å². The van der Waals surface area contributed by atoms with Gasteiger partial charge in [0.05, 0.1) is 9.90 Å². The van der Waals surface area contributed by atoms with Crippen LogP contribution < -0.4 is 5.32 Å². The van der Waals surface area contributed by atoms with Crippen molar-refractivity contribution in [1.82, 2.24) is 9.29 Å². The summed E-state index contributed by atoms with van der Waals surface area (Å²) in [7, 11) is -3.59. The Morgan fingerprint density at radius 1 is 1.12 bits per heavy atom. The molecule has 1 aliphatic heterocycles. The average Bonchev–Trinajstić information content (AvgIpc) is 3.50. The molecule has 1 amide bonds. The molecule has 3 aromatic rings. The van der Waals surface area contributed by atoms with Crippen LogP contribution in [0.5, 0.6) is 0 Å². The number of piperidine rings is 1. The van der Waals surface area contributed by atoms with E-state index in [0.717, 1.165) is 29.1 Å². The number of hydrogen-bond acceptors (Lipinski definition) is 5. The van der Waals surface area contributed by atoms with Crippen molar-refractivity contribution < 1.29 is 13.2 Å². The van der Waals surface area contributed by atoms with Crippen LogP contribution in [0.2, 0.25) is 5.02 Å². The molecule has 0 saturated carbocycles. The predicted octanol–water partition coefficient (Wildman–Crippen LogP) is 5.41. The molecule has 6 nitrogen and oxygen atoms in total. The van der Waals surface area contributed by atoms with Crippen LogP contribution in [-0.4, -0.2) is 36.7 Å². The molecule has 2 aromatic carbocycles. The van der Waals surface area contributed by atoms with Crippen LogP contribution in [0.4, 0.5) is 5.69 Å². The summed E-state index contributed by atoms with van der Waals surface area (Å²) in [5.41, 5.74) is 4.73. The van der Waals surface area contributed by atoms with Gasteiger partial charge in [0.25, 0.3) is 5.91 Å². The van der Waals surface area contributed by atoms with Gasteiger partial charge < -0.3 is 5.32 Å². The molecule has 2 aliphatic rings. The molecule has 0 bridgehead atoms. The van der Waals surface area contributed by atoms with E-state index in [4.69, 9.17) is 11.6 Å². The molecule has 0 spiro atoms. The number of aromatic nitrogens is 1. The first-order chi connectivity index (χ1) is 16.3. The number of thiazole rings is 1. The third kappa shape index (κ3) is 4.64. The molecule has 0 unspecified atom stereocenters. The largest absolute Gasteiger partial charge is 0.321 e. The number of fused-ring (bicyclic) bond motifs is 1. The Kier molecular flexibility index (Phi) is 6.50. The Morgan fingerprint density at radius 3 is 2.65 bits per heavy atom. The number of carbonyl (C=O) groups excluding carboxylic acids is 1. The molecular formula is C25H26ClN3O3S2. The van der Waals surface area contributed by atoms with Gasteiger partial charge in [0, 0.05) is 35.1 Å². The van der Waals surface area contributed by atoms with E-state index in [1.54, 1.807) is 17.5 Å². The van der Waals surface area contributed by atoms with Crippen LogP contribution in [0.15, 0.2) is 46.7 Å². The second kappa shape index (κ2) is 9.41. The monoisotopic (exact) mass is 515 g/mol. The molecule has 34 heavy (non-hydrogen) atoms. The predicted molar refractivity (Wildman–Crippen MR) is 135 cm³/mol. The number of sulfonamides is 1. The molecule has 9 heteroatoms. The first kappa shape index (κ1) is 23.5. The third-order valence-electron chi connectivity index (χ3n) is 6.70. The second-order valence-electron chi connectivity index (χ2n) is 8.95. The molecule has 1 fully saturated rings. The Hall–Kier alpha value is -2.26. The van der Waals surface area contributed by atoms with Gasteiger partial charge in [0.1, 0.15) is 5.69 Å². The molecule has 5 rings (SSSR count). The molecular weight excluding hydrogens is 490 g/mol. The minimum absolute atomic E-state index is 0.139. The van der Waals surface area contributed by atoms with Crippen molar-refractivity contribution in [1.29, 1.82) is 0 Å². The number of benzene rings is 2. The van der Waals surface area contributed by atoms with E-state index in [1.165, 1.54) is 39.3 Å². The molecule has 0 radical (unpaired) electrons. The van der Waals surface area contributed by atoms with Gasteiger partial charge >= 0.3 is 0 Å². The average molecular weight is 516 g/mol. The van der Waals surface area contributed by atoms with Crippen molar-refractivity contribution in [3.63, 3.8) is 0 Å². The smallest absolute Gasteiger partial charge is 0.275 e. The topological polar surface area (TPSA) is 79.4 Å². The molecule has 0 atom stereocenters. The van der Waals surface area contributed by atoms with E-state index < -0.39 is 10.0 Å². The highest BCUT2D eigenvalue weighted by molar-refractivity contribution is 7.89. The van der Waals surface area contributed by atoms with Gasteiger partial charge in [0.15, 0.2) is 0 Å². The van der Waals surface area contributed by atoms with Crippen molar-refractivity contribution in [2.24, 2.45) is 0 Å². The number of rotatable bonds is 5. The summed E-state index contributed by atoms with van der Waals surface area (Å²) in [6, 6.07) is 11.0. The lowest BCUT2D eigenvalue weighted by Gasteiger charge is -2.30. The fourth-order valence-corrected chi connectivity index (χ4v) is 7.36. The van der Waals surface area contributed by atoms with Crippen molar-refractivity contribution >= 4 is 44.6 Å². The van der Waals surface area contributed by atoms with Gasteiger partial charge in [-0.15, -0.1) is 11.3 Å². The summed E-state index contributed by atoms with van der Waals surface area (Å²) in [4.78, 5) is 17.6. The van der Waals surface area contributed by atoms with Crippen LogP contribution in [0, 0.1) is 6.92 Å². The summed E-state index contributed by atoms with van der Waals surface area (Å²) < 4.78 is 27.6. The molecule has 1 N–H and O–H groups in total. The van der Waals surface area contributed by atoms with Gasteiger partial charge in [-0.1, -0.05) is 23.7 Å². The van der Waals surface area contributed by atoms with Crippen LogP contribution >= 0.6 is 22.9 Å². The highest BCUT2D eigenvalue weighted by atomic mass is 35.5. The summed E-state index contributed by atoms with van der Waals surface area (Å²) in [6.45, 7) is 2.67. The Morgan fingerprint density at radius 2 is 1.88 bits per heavy atom. The number of aryl methyl sites for hydroxylation is 3. The quantitative estimate of drug-likeness (QED) is 0.492. The lowest BCUT2D eigenvalue weighted by Crippen LogP contribution is -2.37. The van der Waals surface area contributed by atoms with Gasteiger partial charge in [-0.05, 0) is 80.0 Å². The van der Waals surface area contributed by atoms with E-state index in [1.807, 2.05) is 13.0 Å². The lowest BCUT2D eigenvalue weighted by atomic mass is 9.99. The molecule has 178 valence electrons. The maximum absolute atomic E-state index is 13.0. The van der Waals surface area contributed by atoms with Crippen LogP contribution in [0.25, 0.3) is 0 Å². The summed E-state index contributed by atoms with van der Waals surface area (Å²) >= 11 is 7.61. The molecule has 1 aromatic heterocycles. The fourth-order valence-electron chi connectivity index (χ4n) is 4.65. The number of anilines is 1. The molecule has 2 heterocycles. The highest BCUT2D eigenvalue weighted by Gasteiger charge is 2.31. The number of hydrogen-bond donors (Lipinski definition) is 1. The van der Waals surface area contributed by atoms with Crippen molar-refractivity contribution in [3.05, 3.63) is 74.2 Å². The van der Waals surface area contributed by atoms with E-state index in [-0.39, 0.29) is 16.7 Å². The van der Waals surface area contributed by atoms with E-state index in [9.17, 15) is 13.2 Å². The zero-order chi connectivity index (χ0) is 23.9.